The molecular formula is C33H55N3O10. The lowest BCUT2D eigenvalue weighted by atomic mass is 9.75. The van der Waals surface area contributed by atoms with E-state index in [1.807, 2.05) is 55.4 Å². The Bertz CT molecular complexity index is 1110. The lowest BCUT2D eigenvalue weighted by Gasteiger charge is -2.30. The highest BCUT2D eigenvalue weighted by Crippen LogP contribution is 2.36. The summed E-state index contributed by atoms with van der Waals surface area (Å²) >= 11 is 0. The van der Waals surface area contributed by atoms with Crippen LogP contribution >= 0.6 is 0 Å². The molecule has 0 aliphatic heterocycles. The molecule has 2 amide bonds. The summed E-state index contributed by atoms with van der Waals surface area (Å²) in [4.78, 5) is 71.3. The van der Waals surface area contributed by atoms with Crippen LogP contribution in [0.1, 0.15) is 107 Å². The number of allylic oxidation sites excluding steroid dienone is 2. The van der Waals surface area contributed by atoms with Crippen LogP contribution in [0.5, 0.6) is 0 Å². The summed E-state index contributed by atoms with van der Waals surface area (Å²) in [5, 5.41) is 24.5. The van der Waals surface area contributed by atoms with Crippen LogP contribution in [0.2, 0.25) is 0 Å². The van der Waals surface area contributed by atoms with Crippen molar-refractivity contribution in [3.63, 3.8) is 0 Å². The Morgan fingerprint density at radius 3 is 1.98 bits per heavy atom. The third kappa shape index (κ3) is 15.7. The number of unbranched alkanes of at least 4 members (excludes halogenated alkanes) is 1. The molecule has 0 fully saturated rings. The van der Waals surface area contributed by atoms with Crippen molar-refractivity contribution in [2.45, 2.75) is 119 Å². The summed E-state index contributed by atoms with van der Waals surface area (Å²) in [6.45, 7) is 16.0. The van der Waals surface area contributed by atoms with Crippen molar-refractivity contribution in [2.24, 2.45) is 28.2 Å². The first-order valence-electron chi connectivity index (χ1n) is 16.2. The minimum atomic E-state index is -1.25. The summed E-state index contributed by atoms with van der Waals surface area (Å²) in [6.07, 6.45) is 1.93. The van der Waals surface area contributed by atoms with Crippen LogP contribution in [0.15, 0.2) is 16.3 Å². The number of Topliss-reactive ketones (excluding diaryl/α,β-unsaturated/α-hetero) is 1. The number of amides is 2. The number of nitrogens with zero attached hydrogens (tertiary/aromatic N) is 1. The van der Waals surface area contributed by atoms with E-state index in [1.54, 1.807) is 0 Å². The van der Waals surface area contributed by atoms with Crippen molar-refractivity contribution in [3.05, 3.63) is 11.3 Å². The summed E-state index contributed by atoms with van der Waals surface area (Å²) in [6, 6.07) is -3.33. The van der Waals surface area contributed by atoms with E-state index in [0.29, 0.717) is 49.9 Å². The highest BCUT2D eigenvalue weighted by molar-refractivity contribution is 6.23. The number of carbonyl (C=O) groups is 5. The Kier molecular flexibility index (Phi) is 17.5. The molecule has 13 nitrogen and oxygen atoms in total. The van der Waals surface area contributed by atoms with Gasteiger partial charge in [-0.05, 0) is 55.3 Å². The van der Waals surface area contributed by atoms with Gasteiger partial charge in [0.15, 0.2) is 5.78 Å². The van der Waals surface area contributed by atoms with Gasteiger partial charge < -0.3 is 25.2 Å². The average molecular weight is 654 g/mol. The Balaban J connectivity index is 2.87. The largest absolute Gasteiger partial charge is 0.511 e. The van der Waals surface area contributed by atoms with Gasteiger partial charge in [0.05, 0.1) is 18.8 Å². The molecule has 0 heterocycles. The lowest BCUT2D eigenvalue weighted by molar-refractivity contribution is -0.236. The van der Waals surface area contributed by atoms with Crippen molar-refractivity contribution in [1.82, 2.24) is 10.6 Å². The van der Waals surface area contributed by atoms with Crippen LogP contribution in [0, 0.1) is 23.2 Å². The zero-order chi connectivity index (χ0) is 35.0. The average Bonchev–Trinajstić information content (AvgIpc) is 2.94. The highest BCUT2D eigenvalue weighted by atomic mass is 17.1. The van der Waals surface area contributed by atoms with E-state index >= 15 is 0 Å². The van der Waals surface area contributed by atoms with Crippen LogP contribution in [-0.4, -0.2) is 77.6 Å². The number of ether oxygens (including phenoxy) is 2. The van der Waals surface area contributed by atoms with E-state index in [2.05, 4.69) is 20.5 Å². The molecule has 0 aromatic carbocycles. The van der Waals surface area contributed by atoms with E-state index < -0.39 is 36.0 Å². The number of ketones is 1. The molecule has 1 aliphatic carbocycles. The van der Waals surface area contributed by atoms with E-state index in [1.165, 1.54) is 0 Å². The molecule has 0 saturated carbocycles. The molecule has 2 atom stereocenters. The molecular weight excluding hydrogens is 598 g/mol. The van der Waals surface area contributed by atoms with Crippen LogP contribution in [0.25, 0.3) is 0 Å². The van der Waals surface area contributed by atoms with Gasteiger partial charge in [-0.2, -0.15) is 5.26 Å². The number of carbonyl (C=O) groups excluding carboxylic acids is 5. The van der Waals surface area contributed by atoms with Crippen LogP contribution < -0.4 is 10.6 Å². The van der Waals surface area contributed by atoms with Crippen molar-refractivity contribution in [3.8, 4) is 0 Å². The predicted molar refractivity (Wildman–Crippen MR) is 172 cm³/mol. The Hall–Kier alpha value is -3.48. The summed E-state index contributed by atoms with van der Waals surface area (Å²) in [5.41, 5.74) is 0.528. The summed E-state index contributed by atoms with van der Waals surface area (Å²) < 4.78 is 10.4. The number of aliphatic hydroxyl groups is 1. The molecule has 0 aromatic heterocycles. The molecule has 0 radical (unpaired) electrons. The molecule has 4 N–H and O–H groups in total. The molecule has 0 unspecified atom stereocenters. The van der Waals surface area contributed by atoms with Gasteiger partial charge in [0.2, 0.25) is 0 Å². The third-order valence-electron chi connectivity index (χ3n) is 6.99. The second-order valence-corrected chi connectivity index (χ2v) is 14.0. The molecule has 0 spiro atoms. The zero-order valence-corrected chi connectivity index (χ0v) is 28.8. The molecule has 0 aromatic rings. The molecule has 262 valence electrons. The summed E-state index contributed by atoms with van der Waals surface area (Å²) in [5.74, 6) is -2.06. The fraction of sp³-hybridized carbons (Fsp3) is 0.758. The normalized spacial score (nSPS) is 16.3. The lowest BCUT2D eigenvalue weighted by Crippen LogP contribution is -2.51. The van der Waals surface area contributed by atoms with Gasteiger partial charge in [-0.25, -0.2) is 14.4 Å². The van der Waals surface area contributed by atoms with E-state index in [0.717, 1.165) is 0 Å². The second kappa shape index (κ2) is 19.9. The number of aliphatic imine (C=N–C) groups is 1. The Labute approximate surface area is 272 Å². The Morgan fingerprint density at radius 1 is 0.848 bits per heavy atom. The van der Waals surface area contributed by atoms with Crippen molar-refractivity contribution in [2.75, 3.05) is 19.8 Å². The number of urea groups is 1. The van der Waals surface area contributed by atoms with Gasteiger partial charge in [0, 0.05) is 31.5 Å². The highest BCUT2D eigenvalue weighted by Gasteiger charge is 2.35. The molecule has 0 bridgehead atoms. The van der Waals surface area contributed by atoms with Crippen molar-refractivity contribution < 1.29 is 48.7 Å². The first-order valence-corrected chi connectivity index (χ1v) is 16.2. The van der Waals surface area contributed by atoms with Gasteiger partial charge in [-0.3, -0.25) is 19.5 Å². The number of nitrogens with one attached hydrogen (secondary N) is 2. The van der Waals surface area contributed by atoms with E-state index in [-0.39, 0.29) is 67.2 Å². The number of hydrogen-bond donors (Lipinski definition) is 4. The van der Waals surface area contributed by atoms with Crippen LogP contribution in [-0.2, 0) is 33.5 Å². The molecule has 46 heavy (non-hydrogen) atoms. The molecule has 1 aliphatic rings. The Morgan fingerprint density at radius 2 is 1.43 bits per heavy atom. The number of esters is 2. The van der Waals surface area contributed by atoms with Gasteiger partial charge in [-0.1, -0.05) is 55.4 Å². The predicted octanol–water partition coefficient (Wildman–Crippen LogP) is 5.08. The topological polar surface area (TPSA) is 190 Å². The zero-order valence-electron chi connectivity index (χ0n) is 28.8. The number of aliphatic hydroxyl groups excluding tert-OH is 1. The smallest absolute Gasteiger partial charge is 0.364 e. The second-order valence-electron chi connectivity index (χ2n) is 14.0. The molecule has 1 rings (SSSR count). The first kappa shape index (κ1) is 40.5. The fourth-order valence-electron chi connectivity index (χ4n) is 4.79. The quantitative estimate of drug-likeness (QED) is 0.0365. The minimum absolute atomic E-state index is 0.0432. The maximum Gasteiger partial charge on any atom is 0.364 e. The summed E-state index contributed by atoms with van der Waals surface area (Å²) in [7, 11) is 0. The van der Waals surface area contributed by atoms with Crippen molar-refractivity contribution in [1.29, 1.82) is 0 Å². The van der Waals surface area contributed by atoms with Gasteiger partial charge >= 0.3 is 23.9 Å². The maximum atomic E-state index is 12.9. The van der Waals surface area contributed by atoms with Gasteiger partial charge in [-0.15, -0.1) is 0 Å². The minimum Gasteiger partial charge on any atom is -0.511 e. The number of hydrogen-bond acceptors (Lipinski definition) is 11. The third-order valence-corrected chi connectivity index (χ3v) is 6.99. The van der Waals surface area contributed by atoms with E-state index in [9.17, 15) is 29.1 Å². The van der Waals surface area contributed by atoms with E-state index in [4.69, 9.17) is 14.7 Å². The van der Waals surface area contributed by atoms with Gasteiger partial charge in [0.25, 0.3) is 0 Å². The van der Waals surface area contributed by atoms with Crippen LogP contribution in [0.3, 0.4) is 0 Å². The fourth-order valence-corrected chi connectivity index (χ4v) is 4.79. The maximum absolute atomic E-state index is 12.9. The van der Waals surface area contributed by atoms with Gasteiger partial charge in [0.1, 0.15) is 17.8 Å². The molecule has 13 heteroatoms. The SMILES string of the molecule is CC(C)COC(=O)CC[C@H](NC(=O)N[C@@H](CCCCN=C(CC(C)C)C1=C(O)CC(C)(C)CC1=O)C(=O)OO)C(=O)OCC(C)C. The monoisotopic (exact) mass is 653 g/mol. The van der Waals surface area contributed by atoms with Crippen LogP contribution in [0.4, 0.5) is 4.79 Å². The number of rotatable bonds is 19. The molecule has 0 saturated heterocycles. The van der Waals surface area contributed by atoms with Crippen molar-refractivity contribution >= 4 is 35.4 Å². The first-order chi connectivity index (χ1) is 21.4. The standard InChI is InChI=1S/C33H55N3O10/c1-20(2)15-25(29-26(37)16-33(7,8)17-27(29)38)34-14-10-9-11-23(31(41)46-43)35-32(42)36-24(30(40)45-19-22(5)6)12-13-28(39)44-18-21(3)4/h20-24,37,43H,9-19H2,1-8H3,(H2,35,36,42)/t23-,24-/m0/s1.